The molecule has 0 aliphatic rings. The highest BCUT2D eigenvalue weighted by atomic mass is 32.1. The summed E-state index contributed by atoms with van der Waals surface area (Å²) < 4.78 is 0. The van der Waals surface area contributed by atoms with Crippen LogP contribution in [0.2, 0.25) is 0 Å². The van der Waals surface area contributed by atoms with Gasteiger partial charge in [-0.05, 0) is 6.92 Å². The van der Waals surface area contributed by atoms with Crippen molar-refractivity contribution in [3.05, 3.63) is 22.1 Å². The lowest BCUT2D eigenvalue weighted by atomic mass is 10.6. The molecule has 2 aromatic rings. The fourth-order valence-electron chi connectivity index (χ4n) is 0.934. The van der Waals surface area contributed by atoms with Crippen LogP contribution in [-0.4, -0.2) is 21.0 Å². The third kappa shape index (κ3) is 2.31. The lowest BCUT2D eigenvalue weighted by Crippen LogP contribution is -1.89. The fraction of sp³-hybridized carbons (Fsp3) is 0.125. The highest BCUT2D eigenvalue weighted by molar-refractivity contribution is 7.18. The molecule has 0 saturated carbocycles. The Morgan fingerprint density at radius 2 is 2.33 bits per heavy atom. The first-order valence-electron chi connectivity index (χ1n) is 4.03. The van der Waals surface area contributed by atoms with Crippen molar-refractivity contribution in [2.75, 3.05) is 5.32 Å². The van der Waals surface area contributed by atoms with E-state index in [1.807, 2.05) is 12.3 Å². The van der Waals surface area contributed by atoms with Gasteiger partial charge in [-0.15, -0.1) is 11.3 Å². The molecule has 2 aromatic heterocycles. The van der Waals surface area contributed by atoms with Crippen LogP contribution in [0.25, 0.3) is 0 Å². The Morgan fingerprint density at radius 3 is 2.87 bits per heavy atom. The minimum atomic E-state index is -0.962. The zero-order chi connectivity index (χ0) is 10.8. The highest BCUT2D eigenvalue weighted by Crippen LogP contribution is 2.24. The van der Waals surface area contributed by atoms with Crippen LogP contribution in [0.15, 0.2) is 11.6 Å². The van der Waals surface area contributed by atoms with E-state index in [-0.39, 0.29) is 4.88 Å². The van der Waals surface area contributed by atoms with E-state index >= 15 is 0 Å². The second kappa shape index (κ2) is 3.95. The molecule has 2 rings (SSSR count). The maximum absolute atomic E-state index is 10.6. The molecule has 78 valence electrons. The van der Waals surface area contributed by atoms with E-state index in [4.69, 9.17) is 5.11 Å². The van der Waals surface area contributed by atoms with Gasteiger partial charge in [0.2, 0.25) is 0 Å². The van der Waals surface area contributed by atoms with Gasteiger partial charge in [-0.1, -0.05) is 11.3 Å². The van der Waals surface area contributed by atoms with Crippen LogP contribution in [0.3, 0.4) is 0 Å². The number of carboxylic acid groups (broad SMARTS) is 1. The summed E-state index contributed by atoms with van der Waals surface area (Å²) in [6.45, 7) is 1.90. The van der Waals surface area contributed by atoms with Gasteiger partial charge in [-0.25, -0.2) is 14.8 Å². The molecule has 0 radical (unpaired) electrons. The molecule has 0 aromatic carbocycles. The van der Waals surface area contributed by atoms with Crippen LogP contribution in [0.4, 0.5) is 10.3 Å². The van der Waals surface area contributed by atoms with Crippen molar-refractivity contribution in [1.82, 2.24) is 9.97 Å². The van der Waals surface area contributed by atoms with Crippen LogP contribution in [0.5, 0.6) is 0 Å². The first kappa shape index (κ1) is 10.1. The van der Waals surface area contributed by atoms with Crippen molar-refractivity contribution in [2.24, 2.45) is 0 Å². The number of thiazole rings is 2. The number of hydrogen-bond donors (Lipinski definition) is 2. The highest BCUT2D eigenvalue weighted by Gasteiger charge is 2.09. The largest absolute Gasteiger partial charge is 0.477 e. The van der Waals surface area contributed by atoms with Crippen LogP contribution < -0.4 is 5.32 Å². The minimum Gasteiger partial charge on any atom is -0.477 e. The summed E-state index contributed by atoms with van der Waals surface area (Å²) in [5.74, 6) is -0.962. The molecule has 7 heteroatoms. The van der Waals surface area contributed by atoms with Gasteiger partial charge in [0.15, 0.2) is 10.3 Å². The minimum absolute atomic E-state index is 0.214. The zero-order valence-corrected chi connectivity index (χ0v) is 9.35. The Bertz CT molecular complexity index is 492. The molecule has 5 nitrogen and oxygen atoms in total. The summed E-state index contributed by atoms with van der Waals surface area (Å²) in [7, 11) is 0. The summed E-state index contributed by atoms with van der Waals surface area (Å²) in [4.78, 5) is 18.9. The summed E-state index contributed by atoms with van der Waals surface area (Å²) in [6.07, 6.45) is 1.33. The lowest BCUT2D eigenvalue weighted by Gasteiger charge is -1.94. The van der Waals surface area contributed by atoms with Crippen molar-refractivity contribution < 1.29 is 9.90 Å². The quantitative estimate of drug-likeness (QED) is 0.862. The Hall–Kier alpha value is -1.47. The first-order chi connectivity index (χ1) is 7.15. The van der Waals surface area contributed by atoms with E-state index in [9.17, 15) is 4.79 Å². The number of hydrogen-bond acceptors (Lipinski definition) is 6. The summed E-state index contributed by atoms with van der Waals surface area (Å²) in [5, 5.41) is 14.8. The van der Waals surface area contributed by atoms with Crippen molar-refractivity contribution in [1.29, 1.82) is 0 Å². The number of nitrogens with zero attached hydrogens (tertiary/aromatic N) is 2. The van der Waals surface area contributed by atoms with E-state index < -0.39 is 5.97 Å². The smallest absolute Gasteiger partial charge is 0.347 e. The van der Waals surface area contributed by atoms with Crippen LogP contribution in [0.1, 0.15) is 15.4 Å². The Labute approximate surface area is 93.4 Å². The predicted octanol–water partition coefficient (Wildman–Crippen LogP) is 2.35. The SMILES string of the molecule is Cc1csc(Nc2ncc(C(=O)O)s2)n1. The van der Waals surface area contributed by atoms with Crippen LogP contribution in [-0.2, 0) is 0 Å². The number of aromatic carboxylic acids is 1. The first-order valence-corrected chi connectivity index (χ1v) is 5.73. The number of aryl methyl sites for hydroxylation is 1. The predicted molar refractivity (Wildman–Crippen MR) is 59.2 cm³/mol. The molecule has 15 heavy (non-hydrogen) atoms. The average molecular weight is 241 g/mol. The molecule has 0 aliphatic heterocycles. The fourth-order valence-corrected chi connectivity index (χ4v) is 2.34. The normalized spacial score (nSPS) is 10.2. The molecular formula is C8H7N3O2S2. The average Bonchev–Trinajstić information content (AvgIpc) is 2.76. The van der Waals surface area contributed by atoms with Crippen LogP contribution >= 0.6 is 22.7 Å². The lowest BCUT2D eigenvalue weighted by molar-refractivity contribution is 0.0702. The van der Waals surface area contributed by atoms with Gasteiger partial charge in [-0.2, -0.15) is 0 Å². The van der Waals surface area contributed by atoms with E-state index in [0.717, 1.165) is 22.2 Å². The van der Waals surface area contributed by atoms with Crippen molar-refractivity contribution in [3.63, 3.8) is 0 Å². The third-order valence-corrected chi connectivity index (χ3v) is 3.33. The van der Waals surface area contributed by atoms with Gasteiger partial charge >= 0.3 is 5.97 Å². The molecule has 0 atom stereocenters. The van der Waals surface area contributed by atoms with E-state index in [1.54, 1.807) is 0 Å². The zero-order valence-electron chi connectivity index (χ0n) is 7.72. The summed E-state index contributed by atoms with van der Waals surface area (Å²) in [5.41, 5.74) is 0.928. The second-order valence-electron chi connectivity index (χ2n) is 2.75. The molecule has 0 spiro atoms. The van der Waals surface area contributed by atoms with Gasteiger partial charge < -0.3 is 10.4 Å². The monoisotopic (exact) mass is 241 g/mol. The molecule has 0 amide bonds. The molecule has 0 unspecified atom stereocenters. The molecule has 0 fully saturated rings. The van der Waals surface area contributed by atoms with Gasteiger partial charge in [0, 0.05) is 5.38 Å². The Morgan fingerprint density at radius 1 is 1.53 bits per heavy atom. The maximum Gasteiger partial charge on any atom is 0.347 e. The van der Waals surface area contributed by atoms with E-state index in [0.29, 0.717) is 5.13 Å². The summed E-state index contributed by atoms with van der Waals surface area (Å²) in [6, 6.07) is 0. The van der Waals surface area contributed by atoms with Crippen LogP contribution in [0, 0.1) is 6.92 Å². The van der Waals surface area contributed by atoms with Crippen molar-refractivity contribution in [3.8, 4) is 0 Å². The summed E-state index contributed by atoms with van der Waals surface area (Å²) >= 11 is 2.55. The van der Waals surface area contributed by atoms with Gasteiger partial charge in [0.1, 0.15) is 4.88 Å². The number of nitrogens with one attached hydrogen (secondary N) is 1. The molecule has 0 aliphatic carbocycles. The Balaban J connectivity index is 2.14. The van der Waals surface area contributed by atoms with E-state index in [2.05, 4.69) is 15.3 Å². The topological polar surface area (TPSA) is 75.1 Å². The van der Waals surface area contributed by atoms with Gasteiger partial charge in [-0.3, -0.25) is 0 Å². The molecule has 2 heterocycles. The number of carboxylic acids is 1. The number of anilines is 2. The maximum atomic E-state index is 10.6. The number of carbonyl (C=O) groups is 1. The number of rotatable bonds is 3. The standard InChI is InChI=1S/C8H7N3O2S2/c1-4-3-14-8(10-4)11-7-9-2-5(15-7)6(12)13/h2-3H,1H3,(H,12,13)(H,9,10,11). The van der Waals surface area contributed by atoms with Gasteiger partial charge in [0.25, 0.3) is 0 Å². The molecular weight excluding hydrogens is 234 g/mol. The molecule has 2 N–H and O–H groups in total. The Kier molecular flexibility index (Phi) is 2.65. The third-order valence-electron chi connectivity index (χ3n) is 1.55. The molecule has 0 bridgehead atoms. The second-order valence-corrected chi connectivity index (χ2v) is 4.64. The van der Waals surface area contributed by atoms with Crippen molar-refractivity contribution >= 4 is 38.9 Å². The number of aromatic nitrogens is 2. The van der Waals surface area contributed by atoms with Gasteiger partial charge in [0.05, 0.1) is 11.9 Å². The molecule has 0 saturated heterocycles. The van der Waals surface area contributed by atoms with Crippen molar-refractivity contribution in [2.45, 2.75) is 6.92 Å². The van der Waals surface area contributed by atoms with E-state index in [1.165, 1.54) is 17.5 Å².